The van der Waals surface area contributed by atoms with Crippen LogP contribution in [0, 0.1) is 13.8 Å². The fourth-order valence-electron chi connectivity index (χ4n) is 3.62. The molecular formula is C21H19Cl3N2O3S2. The van der Waals surface area contributed by atoms with Gasteiger partial charge in [0.25, 0.3) is 5.91 Å². The van der Waals surface area contributed by atoms with Crippen LogP contribution in [0.25, 0.3) is 10.1 Å². The Kier molecular flexibility index (Phi) is 6.29. The van der Waals surface area contributed by atoms with Crippen LogP contribution < -0.4 is 0 Å². The number of carbonyl (C=O) groups is 1. The lowest BCUT2D eigenvalue weighted by Crippen LogP contribution is -2.50. The predicted octanol–water partition coefficient (Wildman–Crippen LogP) is 5.63. The van der Waals surface area contributed by atoms with Crippen LogP contribution in [0.15, 0.2) is 35.2 Å². The summed E-state index contributed by atoms with van der Waals surface area (Å²) in [7, 11) is -3.68. The van der Waals surface area contributed by atoms with Gasteiger partial charge in [-0.15, -0.1) is 11.3 Å². The van der Waals surface area contributed by atoms with E-state index in [0.29, 0.717) is 31.1 Å². The maximum absolute atomic E-state index is 13.2. The van der Waals surface area contributed by atoms with E-state index in [1.165, 1.54) is 15.6 Å². The van der Waals surface area contributed by atoms with Crippen molar-refractivity contribution in [2.45, 2.75) is 18.7 Å². The topological polar surface area (TPSA) is 57.7 Å². The Morgan fingerprint density at radius 3 is 2.32 bits per heavy atom. The van der Waals surface area contributed by atoms with Gasteiger partial charge in [-0.1, -0.05) is 40.9 Å². The molecule has 4 rings (SSSR count). The first-order chi connectivity index (χ1) is 14.6. The van der Waals surface area contributed by atoms with Gasteiger partial charge in [0.1, 0.15) is 4.88 Å². The molecule has 2 aromatic carbocycles. The first kappa shape index (κ1) is 22.8. The summed E-state index contributed by atoms with van der Waals surface area (Å²) in [4.78, 5) is 15.4. The minimum Gasteiger partial charge on any atom is -0.335 e. The molecule has 1 aliphatic heterocycles. The van der Waals surface area contributed by atoms with Gasteiger partial charge in [-0.2, -0.15) is 4.31 Å². The Hall–Kier alpha value is -1.35. The predicted molar refractivity (Wildman–Crippen MR) is 127 cm³/mol. The monoisotopic (exact) mass is 516 g/mol. The van der Waals surface area contributed by atoms with E-state index in [2.05, 4.69) is 0 Å². The van der Waals surface area contributed by atoms with Crippen molar-refractivity contribution in [2.24, 2.45) is 0 Å². The summed E-state index contributed by atoms with van der Waals surface area (Å²) < 4.78 is 28.6. The summed E-state index contributed by atoms with van der Waals surface area (Å²) >= 11 is 19.9. The molecule has 5 nitrogen and oxygen atoms in total. The molecule has 1 amide bonds. The van der Waals surface area contributed by atoms with Gasteiger partial charge in [-0.05, 0) is 49.2 Å². The van der Waals surface area contributed by atoms with Crippen molar-refractivity contribution in [2.75, 3.05) is 26.2 Å². The number of thiophene rings is 1. The van der Waals surface area contributed by atoms with E-state index in [1.807, 2.05) is 0 Å². The molecule has 1 saturated heterocycles. The fourth-order valence-corrected chi connectivity index (χ4v) is 7.31. The molecule has 3 aromatic rings. The molecule has 0 radical (unpaired) electrons. The largest absolute Gasteiger partial charge is 0.335 e. The van der Waals surface area contributed by atoms with Crippen LogP contribution in [-0.2, 0) is 10.0 Å². The summed E-state index contributed by atoms with van der Waals surface area (Å²) in [6, 6.07) is 8.59. The molecule has 0 unspecified atom stereocenters. The maximum atomic E-state index is 13.2. The van der Waals surface area contributed by atoms with Crippen LogP contribution >= 0.6 is 46.1 Å². The molecule has 0 N–H and O–H groups in total. The van der Waals surface area contributed by atoms with Crippen molar-refractivity contribution < 1.29 is 13.2 Å². The molecule has 1 aromatic heterocycles. The Balaban J connectivity index is 1.53. The van der Waals surface area contributed by atoms with Crippen molar-refractivity contribution >= 4 is 72.2 Å². The van der Waals surface area contributed by atoms with E-state index in [0.717, 1.165) is 10.1 Å². The minimum absolute atomic E-state index is 0.196. The third-order valence-corrected chi connectivity index (χ3v) is 9.71. The number of sulfonamides is 1. The molecule has 164 valence electrons. The highest BCUT2D eigenvalue weighted by molar-refractivity contribution is 7.89. The second-order valence-corrected chi connectivity index (χ2v) is 11.6. The van der Waals surface area contributed by atoms with Gasteiger partial charge >= 0.3 is 0 Å². The smallest absolute Gasteiger partial charge is 0.265 e. The lowest BCUT2D eigenvalue weighted by Gasteiger charge is -2.34. The number of carbonyl (C=O) groups excluding carboxylic acids is 1. The van der Waals surface area contributed by atoms with Crippen molar-refractivity contribution in [3.05, 3.63) is 61.4 Å². The Labute approximate surface area is 200 Å². The van der Waals surface area contributed by atoms with Crippen molar-refractivity contribution in [1.82, 2.24) is 9.21 Å². The summed E-state index contributed by atoms with van der Waals surface area (Å²) in [6.45, 7) is 4.50. The summed E-state index contributed by atoms with van der Waals surface area (Å²) in [5.74, 6) is -0.196. The summed E-state index contributed by atoms with van der Waals surface area (Å²) in [5, 5.41) is 2.31. The first-order valence-electron chi connectivity index (χ1n) is 9.53. The summed E-state index contributed by atoms with van der Waals surface area (Å²) in [6.07, 6.45) is 0. The quantitative estimate of drug-likeness (QED) is 0.453. The lowest BCUT2D eigenvalue weighted by molar-refractivity contribution is 0.0703. The fraction of sp³-hybridized carbons (Fsp3) is 0.286. The van der Waals surface area contributed by atoms with Gasteiger partial charge < -0.3 is 4.90 Å². The highest BCUT2D eigenvalue weighted by Gasteiger charge is 2.32. The van der Waals surface area contributed by atoms with Crippen LogP contribution in [0.5, 0.6) is 0 Å². The zero-order valence-electron chi connectivity index (χ0n) is 16.8. The van der Waals surface area contributed by atoms with Crippen LogP contribution in [0.3, 0.4) is 0 Å². The molecule has 31 heavy (non-hydrogen) atoms. The van der Waals surface area contributed by atoms with Crippen LogP contribution in [-0.4, -0.2) is 49.7 Å². The highest BCUT2D eigenvalue weighted by atomic mass is 35.5. The van der Waals surface area contributed by atoms with Crippen LogP contribution in [0.1, 0.15) is 20.8 Å². The second-order valence-electron chi connectivity index (χ2n) is 7.45. The summed E-state index contributed by atoms with van der Waals surface area (Å²) in [5.41, 5.74) is 1.31. The number of halogens is 3. The van der Waals surface area contributed by atoms with Gasteiger partial charge in [-0.25, -0.2) is 8.42 Å². The second kappa shape index (κ2) is 8.54. The Morgan fingerprint density at radius 1 is 0.968 bits per heavy atom. The van der Waals surface area contributed by atoms with Crippen LogP contribution in [0.2, 0.25) is 15.1 Å². The van der Waals surface area contributed by atoms with Crippen molar-refractivity contribution in [1.29, 1.82) is 0 Å². The average molecular weight is 518 g/mol. The number of aryl methyl sites for hydroxylation is 2. The number of fused-ring (bicyclic) bond motifs is 1. The highest BCUT2D eigenvalue weighted by Crippen LogP contribution is 2.37. The third-order valence-electron chi connectivity index (χ3n) is 5.39. The normalized spacial score (nSPS) is 15.6. The number of hydrogen-bond acceptors (Lipinski definition) is 4. The zero-order valence-corrected chi connectivity index (χ0v) is 20.7. The molecule has 1 fully saturated rings. The number of benzene rings is 2. The molecule has 0 saturated carbocycles. The van der Waals surface area contributed by atoms with E-state index in [4.69, 9.17) is 34.8 Å². The molecule has 10 heteroatoms. The number of piperazine rings is 1. The van der Waals surface area contributed by atoms with E-state index >= 15 is 0 Å². The van der Waals surface area contributed by atoms with Gasteiger partial charge in [0.15, 0.2) is 0 Å². The maximum Gasteiger partial charge on any atom is 0.265 e. The Morgan fingerprint density at radius 2 is 1.65 bits per heavy atom. The molecule has 2 heterocycles. The Bertz CT molecular complexity index is 1300. The van der Waals surface area contributed by atoms with Gasteiger partial charge in [0.05, 0.1) is 9.92 Å². The SMILES string of the molecule is Cc1cc(S(=O)(=O)N2CCN(C(=O)c3sc4cc(Cl)ccc4c3Cl)CC2)c(C)cc1Cl. The number of rotatable bonds is 3. The molecule has 0 atom stereocenters. The van der Waals surface area contributed by atoms with Crippen molar-refractivity contribution in [3.8, 4) is 0 Å². The van der Waals surface area contributed by atoms with E-state index in [-0.39, 0.29) is 37.0 Å². The minimum atomic E-state index is -3.68. The number of amides is 1. The standard InChI is InChI=1S/C21H19Cl3N2O3S2/c1-12-10-18(13(2)9-16(12)23)31(28,29)26-7-5-25(6-8-26)21(27)20-19(24)15-4-3-14(22)11-17(15)30-20/h3-4,9-11H,5-8H2,1-2H3. The molecular weight excluding hydrogens is 499 g/mol. The number of nitrogens with zero attached hydrogens (tertiary/aromatic N) is 2. The zero-order chi connectivity index (χ0) is 22.5. The average Bonchev–Trinajstić information content (AvgIpc) is 3.05. The lowest BCUT2D eigenvalue weighted by atomic mass is 10.2. The molecule has 1 aliphatic rings. The van der Waals surface area contributed by atoms with E-state index < -0.39 is 10.0 Å². The molecule has 0 bridgehead atoms. The third kappa shape index (κ3) is 4.19. The van der Waals surface area contributed by atoms with E-state index in [9.17, 15) is 13.2 Å². The van der Waals surface area contributed by atoms with Gasteiger partial charge in [0.2, 0.25) is 10.0 Å². The van der Waals surface area contributed by atoms with Crippen molar-refractivity contribution in [3.63, 3.8) is 0 Å². The molecule has 0 spiro atoms. The molecule has 0 aliphatic carbocycles. The van der Waals surface area contributed by atoms with Crippen LogP contribution in [0.4, 0.5) is 0 Å². The van der Waals surface area contributed by atoms with Gasteiger partial charge in [0, 0.05) is 46.3 Å². The number of hydrogen-bond donors (Lipinski definition) is 0. The van der Waals surface area contributed by atoms with Gasteiger partial charge in [-0.3, -0.25) is 4.79 Å². The van der Waals surface area contributed by atoms with E-state index in [1.54, 1.807) is 49.1 Å². The first-order valence-corrected chi connectivity index (χ1v) is 12.9.